The van der Waals surface area contributed by atoms with Crippen LogP contribution in [0.1, 0.15) is 110 Å². The molecule has 0 bridgehead atoms. The number of hydrogen-bond donors (Lipinski definition) is 0. The third kappa shape index (κ3) is 6.14. The van der Waals surface area contributed by atoms with Crippen LogP contribution in [0.4, 0.5) is 0 Å². The lowest BCUT2D eigenvalue weighted by Gasteiger charge is -2.40. The van der Waals surface area contributed by atoms with Crippen LogP contribution in [0.3, 0.4) is 0 Å². The van der Waals surface area contributed by atoms with Gasteiger partial charge in [-0.3, -0.25) is 0 Å². The van der Waals surface area contributed by atoms with Crippen molar-refractivity contribution in [2.75, 3.05) is 0 Å². The van der Waals surface area contributed by atoms with Gasteiger partial charge in [0.2, 0.25) is 0 Å². The maximum absolute atomic E-state index is 12.3. The molecular weight excluding hydrogens is 320 g/mol. The molecule has 0 spiro atoms. The molecule has 1 aromatic carbocycles. The van der Waals surface area contributed by atoms with Gasteiger partial charge in [0.1, 0.15) is 5.60 Å². The molecule has 0 aliphatic heterocycles. The van der Waals surface area contributed by atoms with Crippen LogP contribution in [0.25, 0.3) is 0 Å². The highest BCUT2D eigenvalue weighted by Gasteiger charge is 2.35. The first-order chi connectivity index (χ1) is 11.9. The van der Waals surface area contributed by atoms with Gasteiger partial charge in [-0.2, -0.15) is 0 Å². The molecule has 148 valence electrons. The lowest BCUT2D eigenvalue weighted by molar-refractivity contribution is 0.00695. The van der Waals surface area contributed by atoms with Crippen molar-refractivity contribution >= 4 is 5.97 Å². The van der Waals surface area contributed by atoms with Crippen LogP contribution in [0.15, 0.2) is 24.3 Å². The van der Waals surface area contributed by atoms with E-state index >= 15 is 0 Å². The molecule has 0 radical (unpaired) electrons. The Kier molecular flexibility index (Phi) is 7.51. The third-order valence-electron chi connectivity index (χ3n) is 6.21. The van der Waals surface area contributed by atoms with Crippen molar-refractivity contribution in [2.45, 2.75) is 99.5 Å². The van der Waals surface area contributed by atoms with Crippen LogP contribution in [-0.4, -0.2) is 11.6 Å². The number of esters is 1. The lowest BCUT2D eigenvalue weighted by Crippen LogP contribution is -2.28. The Balaban J connectivity index is 3.14. The fourth-order valence-corrected chi connectivity index (χ4v) is 3.31. The molecule has 2 nitrogen and oxygen atoms in total. The Bertz CT molecular complexity index is 571. The summed E-state index contributed by atoms with van der Waals surface area (Å²) in [5.74, 6) is 0.229. The van der Waals surface area contributed by atoms with Gasteiger partial charge in [-0.15, -0.1) is 0 Å². The minimum absolute atomic E-state index is 0.221. The van der Waals surface area contributed by atoms with E-state index in [4.69, 9.17) is 4.74 Å². The van der Waals surface area contributed by atoms with Gasteiger partial charge in [-0.1, -0.05) is 72.9 Å². The summed E-state index contributed by atoms with van der Waals surface area (Å²) in [4.78, 5) is 12.3. The van der Waals surface area contributed by atoms with Gasteiger partial charge >= 0.3 is 5.97 Å². The van der Waals surface area contributed by atoms with Crippen molar-refractivity contribution in [3.63, 3.8) is 0 Å². The Morgan fingerprint density at radius 3 is 1.77 bits per heavy atom. The summed E-state index contributed by atoms with van der Waals surface area (Å²) in [5, 5.41) is 0. The molecule has 0 N–H and O–H groups in total. The minimum Gasteiger partial charge on any atom is -0.456 e. The number of hydrogen-bond acceptors (Lipinski definition) is 2. The molecule has 0 saturated carbocycles. The monoisotopic (exact) mass is 360 g/mol. The van der Waals surface area contributed by atoms with Crippen LogP contribution in [-0.2, 0) is 4.74 Å². The average Bonchev–Trinajstić information content (AvgIpc) is 2.58. The minimum atomic E-state index is -0.466. The highest BCUT2D eigenvalue weighted by atomic mass is 16.6. The van der Waals surface area contributed by atoms with Crippen LogP contribution < -0.4 is 0 Å². The first-order valence-corrected chi connectivity index (χ1v) is 10.2. The Hall–Kier alpha value is -1.31. The van der Waals surface area contributed by atoms with Gasteiger partial charge in [-0.05, 0) is 61.6 Å². The Labute approximate surface area is 161 Å². The maximum Gasteiger partial charge on any atom is 0.338 e. The van der Waals surface area contributed by atoms with Crippen molar-refractivity contribution in [1.29, 1.82) is 0 Å². The van der Waals surface area contributed by atoms with E-state index in [1.54, 1.807) is 0 Å². The van der Waals surface area contributed by atoms with Gasteiger partial charge in [0.05, 0.1) is 5.56 Å². The van der Waals surface area contributed by atoms with Crippen molar-refractivity contribution in [2.24, 2.45) is 10.8 Å². The molecule has 0 aliphatic carbocycles. The van der Waals surface area contributed by atoms with Gasteiger partial charge in [0, 0.05) is 0 Å². The van der Waals surface area contributed by atoms with Gasteiger partial charge in [-0.25, -0.2) is 4.79 Å². The molecule has 0 saturated heterocycles. The number of carbonyl (C=O) groups is 1. The zero-order valence-electron chi connectivity index (χ0n) is 18.5. The third-order valence-corrected chi connectivity index (χ3v) is 6.21. The van der Waals surface area contributed by atoms with Crippen molar-refractivity contribution in [3.05, 3.63) is 35.4 Å². The molecule has 2 heteroatoms. The zero-order chi connectivity index (χ0) is 20.2. The standard InChI is InChI=1S/C24H40O2/c1-10-23(7,8)20(17-24(9,11-2)12-3)18-13-15-19(16-14-18)21(25)26-22(4,5)6/h13-16,20H,10-12,17H2,1-9H3. The molecule has 0 amide bonds. The van der Waals surface area contributed by atoms with Crippen LogP contribution in [0.2, 0.25) is 0 Å². The predicted octanol–water partition coefficient (Wildman–Crippen LogP) is 7.38. The second-order valence-electron chi connectivity index (χ2n) is 9.74. The molecule has 1 unspecified atom stereocenters. The molecule has 0 heterocycles. The van der Waals surface area contributed by atoms with Crippen LogP contribution in [0, 0.1) is 10.8 Å². The van der Waals surface area contributed by atoms with E-state index in [9.17, 15) is 4.79 Å². The van der Waals surface area contributed by atoms with Crippen molar-refractivity contribution in [1.82, 2.24) is 0 Å². The van der Waals surface area contributed by atoms with Gasteiger partial charge in [0.25, 0.3) is 0 Å². The molecule has 0 fully saturated rings. The first kappa shape index (κ1) is 22.7. The van der Waals surface area contributed by atoms with E-state index in [0.717, 1.165) is 6.42 Å². The van der Waals surface area contributed by atoms with Crippen molar-refractivity contribution < 1.29 is 9.53 Å². The Morgan fingerprint density at radius 1 is 0.885 bits per heavy atom. The molecule has 0 aromatic heterocycles. The Morgan fingerprint density at radius 2 is 1.38 bits per heavy atom. The summed E-state index contributed by atoms with van der Waals surface area (Å²) < 4.78 is 5.49. The number of benzene rings is 1. The first-order valence-electron chi connectivity index (χ1n) is 10.2. The fourth-order valence-electron chi connectivity index (χ4n) is 3.31. The highest BCUT2D eigenvalue weighted by molar-refractivity contribution is 5.89. The van der Waals surface area contributed by atoms with Crippen LogP contribution in [0.5, 0.6) is 0 Å². The van der Waals surface area contributed by atoms with E-state index in [-0.39, 0.29) is 11.4 Å². The smallest absolute Gasteiger partial charge is 0.338 e. The number of carbonyl (C=O) groups excluding carboxylic acids is 1. The molecule has 0 aliphatic rings. The summed E-state index contributed by atoms with van der Waals surface area (Å²) >= 11 is 0. The molecule has 1 rings (SSSR count). The van der Waals surface area contributed by atoms with Gasteiger partial charge in [0.15, 0.2) is 0 Å². The SMILES string of the molecule is CCC(C)(CC)CC(c1ccc(C(=O)OC(C)(C)C)cc1)C(C)(C)CC. The normalized spacial score (nSPS) is 14.2. The topological polar surface area (TPSA) is 26.3 Å². The van der Waals surface area contributed by atoms with Crippen LogP contribution >= 0.6 is 0 Å². The molecule has 26 heavy (non-hydrogen) atoms. The van der Waals surface area contributed by atoms with E-state index in [1.165, 1.54) is 24.8 Å². The second-order valence-corrected chi connectivity index (χ2v) is 9.74. The number of ether oxygens (including phenoxy) is 1. The zero-order valence-corrected chi connectivity index (χ0v) is 18.5. The largest absolute Gasteiger partial charge is 0.456 e. The predicted molar refractivity (Wildman–Crippen MR) is 112 cm³/mol. The van der Waals surface area contributed by atoms with Gasteiger partial charge < -0.3 is 4.74 Å². The quantitative estimate of drug-likeness (QED) is 0.452. The van der Waals surface area contributed by atoms with E-state index < -0.39 is 5.60 Å². The summed E-state index contributed by atoms with van der Waals surface area (Å²) in [6.07, 6.45) is 4.69. The average molecular weight is 361 g/mol. The summed E-state index contributed by atoms with van der Waals surface area (Å²) in [7, 11) is 0. The number of rotatable bonds is 8. The summed E-state index contributed by atoms with van der Waals surface area (Å²) in [6.45, 7) is 19.7. The fraction of sp³-hybridized carbons (Fsp3) is 0.708. The summed E-state index contributed by atoms with van der Waals surface area (Å²) in [6, 6.07) is 8.12. The highest BCUT2D eigenvalue weighted by Crippen LogP contribution is 2.47. The molecular formula is C24H40O2. The lowest BCUT2D eigenvalue weighted by atomic mass is 9.65. The summed E-state index contributed by atoms with van der Waals surface area (Å²) in [5.41, 5.74) is 2.06. The second kappa shape index (κ2) is 8.59. The molecule has 1 atom stereocenters. The van der Waals surface area contributed by atoms with E-state index in [1.807, 2.05) is 32.9 Å². The van der Waals surface area contributed by atoms with Crippen molar-refractivity contribution in [3.8, 4) is 0 Å². The molecule has 1 aromatic rings. The van der Waals surface area contributed by atoms with E-state index in [0.29, 0.717) is 16.9 Å². The maximum atomic E-state index is 12.3. The van der Waals surface area contributed by atoms with E-state index in [2.05, 4.69) is 53.7 Å².